The molecular weight excluding hydrogens is 316 g/mol. The van der Waals surface area contributed by atoms with Crippen LogP contribution in [0.25, 0.3) is 10.9 Å². The largest absolute Gasteiger partial charge is 0.348 e. The minimum atomic E-state index is -0.178. The molecule has 0 saturated heterocycles. The van der Waals surface area contributed by atoms with Crippen LogP contribution in [0.3, 0.4) is 0 Å². The van der Waals surface area contributed by atoms with Crippen molar-refractivity contribution in [3.8, 4) is 0 Å². The van der Waals surface area contributed by atoms with Gasteiger partial charge in [0.25, 0.3) is 5.56 Å². The second kappa shape index (κ2) is 7.25. The zero-order valence-electron chi connectivity index (χ0n) is 14.3. The molecule has 0 radical (unpaired) electrons. The van der Waals surface area contributed by atoms with Gasteiger partial charge in [0.1, 0.15) is 0 Å². The highest BCUT2D eigenvalue weighted by atomic mass is 16.2. The zero-order valence-corrected chi connectivity index (χ0v) is 14.3. The Bertz CT molecular complexity index is 951. The Labute approximate surface area is 145 Å². The Kier molecular flexibility index (Phi) is 4.88. The highest BCUT2D eigenvalue weighted by Gasteiger charge is 2.11. The molecule has 2 heterocycles. The molecule has 3 aromatic rings. The van der Waals surface area contributed by atoms with Crippen LogP contribution in [0.4, 0.5) is 0 Å². The van der Waals surface area contributed by atoms with E-state index in [9.17, 15) is 9.59 Å². The molecule has 1 N–H and O–H groups in total. The third-order valence-electron chi connectivity index (χ3n) is 4.14. The third-order valence-corrected chi connectivity index (χ3v) is 4.14. The lowest BCUT2D eigenvalue weighted by Crippen LogP contribution is -2.30. The van der Waals surface area contributed by atoms with E-state index in [-0.39, 0.29) is 30.5 Å². The molecule has 1 amide bonds. The summed E-state index contributed by atoms with van der Waals surface area (Å²) in [7, 11) is 0. The van der Waals surface area contributed by atoms with Gasteiger partial charge in [0.05, 0.1) is 29.0 Å². The molecule has 1 aromatic carbocycles. The lowest BCUT2D eigenvalue weighted by molar-refractivity contribution is -0.122. The molecule has 25 heavy (non-hydrogen) atoms. The summed E-state index contributed by atoms with van der Waals surface area (Å²) >= 11 is 0. The minimum absolute atomic E-state index is 0.126. The van der Waals surface area contributed by atoms with E-state index in [1.54, 1.807) is 12.3 Å². The predicted octanol–water partition coefficient (Wildman–Crippen LogP) is 2.37. The van der Waals surface area contributed by atoms with Crippen molar-refractivity contribution in [1.82, 2.24) is 19.9 Å². The van der Waals surface area contributed by atoms with Crippen LogP contribution in [-0.2, 0) is 11.3 Å². The lowest BCUT2D eigenvalue weighted by Gasteiger charge is -2.13. The Hall–Kier alpha value is -3.02. The molecule has 0 aliphatic carbocycles. The summed E-state index contributed by atoms with van der Waals surface area (Å²) in [5.74, 6) is -0.130. The maximum atomic E-state index is 12.5. The van der Waals surface area contributed by atoms with Gasteiger partial charge in [0.2, 0.25) is 5.91 Å². The first-order chi connectivity index (χ1) is 12.1. The average Bonchev–Trinajstić information content (AvgIpc) is 2.62. The second-order valence-electron chi connectivity index (χ2n) is 6.01. The summed E-state index contributed by atoms with van der Waals surface area (Å²) in [6.07, 6.45) is 3.41. The van der Waals surface area contributed by atoms with Gasteiger partial charge in [-0.05, 0) is 37.6 Å². The molecular formula is C19H20N4O2. The van der Waals surface area contributed by atoms with Gasteiger partial charge in [-0.25, -0.2) is 4.98 Å². The van der Waals surface area contributed by atoms with Crippen molar-refractivity contribution >= 4 is 16.8 Å². The van der Waals surface area contributed by atoms with Gasteiger partial charge in [-0.2, -0.15) is 0 Å². The fourth-order valence-corrected chi connectivity index (χ4v) is 2.74. The van der Waals surface area contributed by atoms with Crippen molar-refractivity contribution in [2.75, 3.05) is 0 Å². The molecule has 1 unspecified atom stereocenters. The fraction of sp³-hybridized carbons (Fsp3) is 0.263. The van der Waals surface area contributed by atoms with E-state index >= 15 is 0 Å². The molecule has 1 atom stereocenters. The number of rotatable bonds is 5. The Morgan fingerprint density at radius 1 is 1.20 bits per heavy atom. The first kappa shape index (κ1) is 16.8. The Morgan fingerprint density at radius 2 is 2.04 bits per heavy atom. The molecule has 0 bridgehead atoms. The van der Waals surface area contributed by atoms with E-state index in [0.29, 0.717) is 10.9 Å². The van der Waals surface area contributed by atoms with E-state index in [2.05, 4.69) is 15.3 Å². The topological polar surface area (TPSA) is 76.9 Å². The van der Waals surface area contributed by atoms with Gasteiger partial charge in [-0.15, -0.1) is 0 Å². The van der Waals surface area contributed by atoms with Crippen LogP contribution in [0, 0.1) is 6.92 Å². The summed E-state index contributed by atoms with van der Waals surface area (Å²) in [5, 5.41) is 3.47. The van der Waals surface area contributed by atoms with Crippen molar-refractivity contribution in [1.29, 1.82) is 0 Å². The van der Waals surface area contributed by atoms with Crippen LogP contribution >= 0.6 is 0 Å². The number of amides is 1. The maximum Gasteiger partial charge on any atom is 0.261 e. The number of fused-ring (bicyclic) bond motifs is 1. The molecule has 0 fully saturated rings. The number of para-hydroxylation sites is 1. The number of hydrogen-bond acceptors (Lipinski definition) is 4. The molecule has 2 aromatic heterocycles. The highest BCUT2D eigenvalue weighted by molar-refractivity contribution is 5.80. The fourth-order valence-electron chi connectivity index (χ4n) is 2.74. The van der Waals surface area contributed by atoms with Gasteiger partial charge < -0.3 is 5.32 Å². The smallest absolute Gasteiger partial charge is 0.261 e. The number of nitrogens with one attached hydrogen (secondary N) is 1. The molecule has 3 rings (SSSR count). The van der Waals surface area contributed by atoms with Crippen LogP contribution in [-0.4, -0.2) is 20.4 Å². The molecule has 0 aliphatic rings. The number of aryl methyl sites for hydroxylation is 2. The van der Waals surface area contributed by atoms with Crippen LogP contribution in [0.15, 0.2) is 53.7 Å². The summed E-state index contributed by atoms with van der Waals surface area (Å²) in [5.41, 5.74) is 2.34. The van der Waals surface area contributed by atoms with Crippen molar-refractivity contribution in [3.05, 3.63) is 70.5 Å². The van der Waals surface area contributed by atoms with Crippen LogP contribution in [0.2, 0.25) is 0 Å². The molecule has 0 spiro atoms. The molecule has 128 valence electrons. The van der Waals surface area contributed by atoms with Crippen LogP contribution < -0.4 is 10.9 Å². The van der Waals surface area contributed by atoms with Crippen molar-refractivity contribution in [3.63, 3.8) is 0 Å². The first-order valence-electron chi connectivity index (χ1n) is 8.21. The van der Waals surface area contributed by atoms with Crippen molar-refractivity contribution < 1.29 is 4.79 Å². The highest BCUT2D eigenvalue weighted by Crippen LogP contribution is 2.11. The monoisotopic (exact) mass is 336 g/mol. The number of nitrogens with zero attached hydrogens (tertiary/aromatic N) is 3. The molecule has 0 aliphatic heterocycles. The van der Waals surface area contributed by atoms with Gasteiger partial charge in [-0.1, -0.05) is 18.2 Å². The summed E-state index contributed by atoms with van der Waals surface area (Å²) < 4.78 is 1.48. The van der Waals surface area contributed by atoms with Crippen LogP contribution in [0.1, 0.15) is 30.6 Å². The quantitative estimate of drug-likeness (QED) is 0.776. The number of benzene rings is 1. The molecule has 0 saturated carbocycles. The normalized spacial score (nSPS) is 12.1. The number of carbonyl (C=O) groups is 1. The minimum Gasteiger partial charge on any atom is -0.348 e. The Morgan fingerprint density at radius 3 is 2.80 bits per heavy atom. The maximum absolute atomic E-state index is 12.5. The van der Waals surface area contributed by atoms with E-state index in [4.69, 9.17) is 0 Å². The summed E-state index contributed by atoms with van der Waals surface area (Å²) in [6.45, 7) is 4.09. The van der Waals surface area contributed by atoms with Gasteiger partial charge in [0.15, 0.2) is 0 Å². The predicted molar refractivity (Wildman–Crippen MR) is 96.2 cm³/mol. The van der Waals surface area contributed by atoms with Gasteiger partial charge in [0, 0.05) is 19.2 Å². The van der Waals surface area contributed by atoms with E-state index in [1.165, 1.54) is 10.9 Å². The van der Waals surface area contributed by atoms with Gasteiger partial charge >= 0.3 is 0 Å². The number of pyridine rings is 1. The Balaban J connectivity index is 1.67. The number of hydrogen-bond donors (Lipinski definition) is 1. The average molecular weight is 336 g/mol. The molecule has 6 nitrogen and oxygen atoms in total. The van der Waals surface area contributed by atoms with Crippen LogP contribution in [0.5, 0.6) is 0 Å². The molecule has 6 heteroatoms. The second-order valence-corrected chi connectivity index (χ2v) is 6.01. The number of carbonyl (C=O) groups excluding carboxylic acids is 1. The van der Waals surface area contributed by atoms with Crippen molar-refractivity contribution in [2.24, 2.45) is 0 Å². The third kappa shape index (κ3) is 3.74. The standard InChI is InChI=1S/C19H20N4O2/c1-13-6-5-7-15-18(13)21-12-23(19(15)25)11-9-17(24)22-14(2)16-8-3-4-10-20-16/h3-8,10,12,14H,9,11H2,1-2H3,(H,22,24). The SMILES string of the molecule is Cc1cccc2c(=O)n(CCC(=O)NC(C)c3ccccn3)cnc12. The van der Waals surface area contributed by atoms with Gasteiger partial charge in [-0.3, -0.25) is 19.1 Å². The van der Waals surface area contributed by atoms with E-state index in [1.807, 2.05) is 44.2 Å². The zero-order chi connectivity index (χ0) is 17.8. The lowest BCUT2D eigenvalue weighted by atomic mass is 10.1. The first-order valence-corrected chi connectivity index (χ1v) is 8.21. The summed E-state index contributed by atoms with van der Waals surface area (Å²) in [6, 6.07) is 10.9. The van der Waals surface area contributed by atoms with E-state index in [0.717, 1.165) is 11.3 Å². The number of aromatic nitrogens is 3. The summed E-state index contributed by atoms with van der Waals surface area (Å²) in [4.78, 5) is 33.2. The van der Waals surface area contributed by atoms with E-state index < -0.39 is 0 Å². The van der Waals surface area contributed by atoms with Crippen molar-refractivity contribution in [2.45, 2.75) is 32.9 Å².